The van der Waals surface area contributed by atoms with E-state index in [9.17, 15) is 19.1 Å². The molecule has 0 atom stereocenters. The third-order valence-electron chi connectivity index (χ3n) is 3.91. The van der Waals surface area contributed by atoms with Crippen molar-refractivity contribution in [2.24, 2.45) is 5.10 Å². The zero-order chi connectivity index (χ0) is 21.3. The zero-order valence-electron chi connectivity index (χ0n) is 15.7. The van der Waals surface area contributed by atoms with Gasteiger partial charge >= 0.3 is 0 Å². The van der Waals surface area contributed by atoms with Gasteiger partial charge in [-0.3, -0.25) is 9.59 Å². The highest BCUT2D eigenvalue weighted by Crippen LogP contribution is 2.15. The first kappa shape index (κ1) is 20.5. The van der Waals surface area contributed by atoms with Gasteiger partial charge < -0.3 is 15.2 Å². The summed E-state index contributed by atoms with van der Waals surface area (Å²) in [6, 6.07) is 18.3. The highest BCUT2D eigenvalue weighted by atomic mass is 19.1. The number of ether oxygens (including phenoxy) is 1. The Bertz CT molecular complexity index is 1050. The largest absolute Gasteiger partial charge is 0.507 e. The van der Waals surface area contributed by atoms with E-state index in [4.69, 9.17) is 4.74 Å². The Morgan fingerprint density at radius 3 is 2.40 bits per heavy atom. The molecule has 0 aliphatic rings. The topological polar surface area (TPSA) is 100 Å². The molecule has 0 spiro atoms. The summed E-state index contributed by atoms with van der Waals surface area (Å²) in [7, 11) is 0. The minimum atomic E-state index is -0.531. The number of nitrogens with zero attached hydrogens (tertiary/aromatic N) is 1. The Kier molecular flexibility index (Phi) is 6.73. The summed E-state index contributed by atoms with van der Waals surface area (Å²) in [5.74, 6) is -0.948. The van der Waals surface area contributed by atoms with Crippen molar-refractivity contribution in [1.82, 2.24) is 5.43 Å². The molecule has 8 heteroatoms. The molecule has 152 valence electrons. The number of phenols is 1. The summed E-state index contributed by atoms with van der Waals surface area (Å²) in [6.45, 7) is -0.207. The van der Waals surface area contributed by atoms with E-state index in [1.54, 1.807) is 36.4 Å². The number of aromatic hydroxyl groups is 1. The summed E-state index contributed by atoms with van der Waals surface area (Å²) in [4.78, 5) is 23.8. The molecule has 2 amide bonds. The van der Waals surface area contributed by atoms with Crippen LogP contribution < -0.4 is 15.5 Å². The maximum atomic E-state index is 12.9. The van der Waals surface area contributed by atoms with Crippen molar-refractivity contribution < 1.29 is 23.8 Å². The van der Waals surface area contributed by atoms with Gasteiger partial charge in [0.2, 0.25) is 0 Å². The fourth-order valence-electron chi connectivity index (χ4n) is 2.42. The highest BCUT2D eigenvalue weighted by molar-refractivity contribution is 5.97. The lowest BCUT2D eigenvalue weighted by molar-refractivity contribution is -0.118. The molecule has 0 fully saturated rings. The third kappa shape index (κ3) is 5.90. The predicted octanol–water partition coefficient (Wildman–Crippen LogP) is 3.31. The van der Waals surface area contributed by atoms with E-state index >= 15 is 0 Å². The van der Waals surface area contributed by atoms with Crippen LogP contribution in [0.5, 0.6) is 11.5 Å². The summed E-state index contributed by atoms with van der Waals surface area (Å²) < 4.78 is 18.3. The average Bonchev–Trinajstić information content (AvgIpc) is 2.75. The Labute approximate surface area is 171 Å². The first-order valence-corrected chi connectivity index (χ1v) is 8.91. The molecule has 0 aliphatic carbocycles. The van der Waals surface area contributed by atoms with Crippen LogP contribution in [0.4, 0.5) is 10.1 Å². The van der Waals surface area contributed by atoms with Gasteiger partial charge in [-0.15, -0.1) is 0 Å². The Balaban J connectivity index is 1.47. The number of para-hydroxylation sites is 1. The first-order valence-electron chi connectivity index (χ1n) is 8.91. The van der Waals surface area contributed by atoms with Crippen molar-refractivity contribution >= 4 is 23.7 Å². The smallest absolute Gasteiger partial charge is 0.275 e. The maximum absolute atomic E-state index is 12.9. The van der Waals surface area contributed by atoms with Crippen LogP contribution in [0.3, 0.4) is 0 Å². The lowest BCUT2D eigenvalue weighted by Crippen LogP contribution is -2.20. The molecule has 3 aromatic carbocycles. The Morgan fingerprint density at radius 2 is 1.70 bits per heavy atom. The SMILES string of the molecule is O=C(COc1ccc(/C=N\NC(=O)c2ccccc2O)cc1)Nc1ccc(F)cc1. The number of halogens is 1. The number of rotatable bonds is 7. The molecule has 0 saturated carbocycles. The number of anilines is 1. The Morgan fingerprint density at radius 1 is 1.00 bits per heavy atom. The number of carbonyl (C=O) groups is 2. The molecule has 0 bridgehead atoms. The first-order chi connectivity index (χ1) is 14.5. The van der Waals surface area contributed by atoms with Crippen LogP contribution in [0.15, 0.2) is 77.9 Å². The third-order valence-corrected chi connectivity index (χ3v) is 3.91. The van der Waals surface area contributed by atoms with Gasteiger partial charge in [0.05, 0.1) is 11.8 Å². The summed E-state index contributed by atoms with van der Waals surface area (Å²) in [5.41, 5.74) is 3.62. The van der Waals surface area contributed by atoms with Crippen LogP contribution in [0, 0.1) is 5.82 Å². The van der Waals surface area contributed by atoms with Crippen molar-refractivity contribution in [2.45, 2.75) is 0 Å². The van der Waals surface area contributed by atoms with E-state index in [1.165, 1.54) is 42.6 Å². The van der Waals surface area contributed by atoms with Crippen molar-refractivity contribution in [3.8, 4) is 11.5 Å². The lowest BCUT2D eigenvalue weighted by atomic mass is 10.2. The molecule has 0 unspecified atom stereocenters. The number of carbonyl (C=O) groups excluding carboxylic acids is 2. The van der Waals surface area contributed by atoms with Crippen LogP contribution in [0.2, 0.25) is 0 Å². The number of hydrogen-bond acceptors (Lipinski definition) is 5. The normalized spacial score (nSPS) is 10.6. The minimum absolute atomic E-state index is 0.123. The zero-order valence-corrected chi connectivity index (χ0v) is 15.7. The van der Waals surface area contributed by atoms with Crippen LogP contribution in [0.1, 0.15) is 15.9 Å². The number of benzene rings is 3. The average molecular weight is 407 g/mol. The monoisotopic (exact) mass is 407 g/mol. The summed E-state index contributed by atoms with van der Waals surface area (Å²) in [6.07, 6.45) is 1.43. The van der Waals surface area contributed by atoms with Gasteiger partial charge in [0.25, 0.3) is 11.8 Å². The quantitative estimate of drug-likeness (QED) is 0.413. The number of phenolic OH excluding ortho intramolecular Hbond substituents is 1. The van der Waals surface area contributed by atoms with Crippen molar-refractivity contribution in [1.29, 1.82) is 0 Å². The van der Waals surface area contributed by atoms with E-state index < -0.39 is 5.91 Å². The molecule has 30 heavy (non-hydrogen) atoms. The molecule has 7 nitrogen and oxygen atoms in total. The number of hydrogen-bond donors (Lipinski definition) is 3. The van der Waals surface area contributed by atoms with Gasteiger partial charge in [-0.1, -0.05) is 12.1 Å². The lowest BCUT2D eigenvalue weighted by Gasteiger charge is -2.07. The van der Waals surface area contributed by atoms with Crippen molar-refractivity contribution in [2.75, 3.05) is 11.9 Å². The van der Waals surface area contributed by atoms with Crippen LogP contribution >= 0.6 is 0 Å². The number of hydrazone groups is 1. The summed E-state index contributed by atoms with van der Waals surface area (Å²) in [5, 5.41) is 16.1. The fourth-order valence-corrected chi connectivity index (χ4v) is 2.42. The van der Waals surface area contributed by atoms with E-state index in [0.717, 1.165) is 0 Å². The van der Waals surface area contributed by atoms with Crippen LogP contribution in [0.25, 0.3) is 0 Å². The van der Waals surface area contributed by atoms with Gasteiger partial charge in [-0.25, -0.2) is 9.82 Å². The minimum Gasteiger partial charge on any atom is -0.507 e. The van der Waals surface area contributed by atoms with Crippen LogP contribution in [-0.2, 0) is 4.79 Å². The molecule has 0 aliphatic heterocycles. The fraction of sp³-hybridized carbons (Fsp3) is 0.0455. The van der Waals surface area contributed by atoms with Gasteiger partial charge in [0.1, 0.15) is 17.3 Å². The second-order valence-electron chi connectivity index (χ2n) is 6.13. The summed E-state index contributed by atoms with van der Waals surface area (Å²) >= 11 is 0. The highest BCUT2D eigenvalue weighted by Gasteiger charge is 2.08. The number of amides is 2. The van der Waals surface area contributed by atoms with Crippen LogP contribution in [-0.4, -0.2) is 29.7 Å². The molecule has 0 saturated heterocycles. The predicted molar refractivity (Wildman–Crippen MR) is 110 cm³/mol. The molecule has 3 rings (SSSR count). The Hall–Kier alpha value is -4.20. The van der Waals surface area contributed by atoms with E-state index in [1.807, 2.05) is 0 Å². The molecular weight excluding hydrogens is 389 g/mol. The van der Waals surface area contributed by atoms with Gasteiger partial charge in [0.15, 0.2) is 6.61 Å². The van der Waals surface area contributed by atoms with Crippen molar-refractivity contribution in [3.05, 3.63) is 89.7 Å². The van der Waals surface area contributed by atoms with E-state index in [2.05, 4.69) is 15.8 Å². The van der Waals surface area contributed by atoms with Gasteiger partial charge in [-0.2, -0.15) is 5.10 Å². The second kappa shape index (κ2) is 9.83. The number of nitrogens with one attached hydrogen (secondary N) is 2. The second-order valence-corrected chi connectivity index (χ2v) is 6.13. The molecule has 0 radical (unpaired) electrons. The molecule has 3 aromatic rings. The molecule has 0 heterocycles. The maximum Gasteiger partial charge on any atom is 0.275 e. The molecule has 0 aromatic heterocycles. The standard InChI is InChI=1S/C22H18FN3O4/c23-16-7-9-17(10-8-16)25-21(28)14-30-18-11-5-15(6-12-18)13-24-26-22(29)19-3-1-2-4-20(19)27/h1-13,27H,14H2,(H,25,28)(H,26,29)/b24-13-. The van der Waals surface area contributed by atoms with Gasteiger partial charge in [-0.05, 0) is 66.2 Å². The van der Waals surface area contributed by atoms with Crippen molar-refractivity contribution in [3.63, 3.8) is 0 Å². The van der Waals surface area contributed by atoms with Gasteiger partial charge in [0, 0.05) is 5.69 Å². The molecule has 3 N–H and O–H groups in total. The van der Waals surface area contributed by atoms with E-state index in [-0.39, 0.29) is 29.6 Å². The molecular formula is C22H18FN3O4. The van der Waals surface area contributed by atoms with E-state index in [0.29, 0.717) is 17.0 Å².